The predicted octanol–water partition coefficient (Wildman–Crippen LogP) is 3.54. The van der Waals surface area contributed by atoms with Gasteiger partial charge in [0.15, 0.2) is 5.82 Å². The van der Waals surface area contributed by atoms with E-state index in [1.165, 1.54) is 12.3 Å². The number of aryl methyl sites for hydroxylation is 1. The third-order valence-electron chi connectivity index (χ3n) is 3.28. The van der Waals surface area contributed by atoms with Crippen LogP contribution in [0.25, 0.3) is 5.69 Å². The number of anilines is 1. The van der Waals surface area contributed by atoms with Gasteiger partial charge in [-0.3, -0.25) is 4.79 Å². The van der Waals surface area contributed by atoms with Crippen LogP contribution in [0.2, 0.25) is 15.1 Å². The fourth-order valence-electron chi connectivity index (χ4n) is 2.13. The van der Waals surface area contributed by atoms with Crippen LogP contribution in [0.1, 0.15) is 11.7 Å². The highest BCUT2D eigenvalue weighted by molar-refractivity contribution is 6.36. The Morgan fingerprint density at radius 3 is 2.76 bits per heavy atom. The van der Waals surface area contributed by atoms with Crippen molar-refractivity contribution in [3.63, 3.8) is 0 Å². The fraction of sp³-hybridized carbons (Fsp3) is 0.200. The summed E-state index contributed by atoms with van der Waals surface area (Å²) in [5.41, 5.74) is 0.305. The molecule has 0 aliphatic carbocycles. The van der Waals surface area contributed by atoms with E-state index in [4.69, 9.17) is 39.3 Å². The second-order valence-electron chi connectivity index (χ2n) is 5.10. The highest BCUT2D eigenvalue weighted by atomic mass is 35.5. The van der Waals surface area contributed by atoms with Crippen LogP contribution >= 0.6 is 34.8 Å². The Balaban J connectivity index is 1.79. The molecule has 3 aromatic rings. The number of halogens is 3. The van der Waals surface area contributed by atoms with Crippen LogP contribution in [0.15, 0.2) is 33.7 Å². The molecule has 0 atom stereocenters. The van der Waals surface area contributed by atoms with Gasteiger partial charge in [0.1, 0.15) is 5.02 Å². The van der Waals surface area contributed by atoms with Crippen LogP contribution in [0.3, 0.4) is 0 Å². The van der Waals surface area contributed by atoms with Gasteiger partial charge in [0.2, 0.25) is 5.89 Å². The summed E-state index contributed by atoms with van der Waals surface area (Å²) in [6.45, 7) is 2.19. The largest absolute Gasteiger partial charge is 0.382 e. The quantitative estimate of drug-likeness (QED) is 0.705. The molecule has 0 saturated heterocycles. The summed E-state index contributed by atoms with van der Waals surface area (Å²) in [4.78, 5) is 16.6. The Labute approximate surface area is 157 Å². The number of nitrogens with zero attached hydrogens (tertiary/aromatic N) is 4. The molecular weight excluding hydrogens is 389 g/mol. The second kappa shape index (κ2) is 7.43. The number of benzene rings is 1. The first kappa shape index (κ1) is 17.7. The van der Waals surface area contributed by atoms with Gasteiger partial charge in [0, 0.05) is 18.0 Å². The molecule has 0 aliphatic rings. The van der Waals surface area contributed by atoms with Crippen molar-refractivity contribution in [2.45, 2.75) is 13.3 Å². The zero-order valence-electron chi connectivity index (χ0n) is 13.0. The molecule has 0 radical (unpaired) electrons. The molecule has 3 rings (SSSR count). The number of hydrogen-bond acceptors (Lipinski definition) is 6. The van der Waals surface area contributed by atoms with Crippen LogP contribution in [0, 0.1) is 6.92 Å². The van der Waals surface area contributed by atoms with Crippen molar-refractivity contribution < 1.29 is 4.52 Å². The van der Waals surface area contributed by atoms with Crippen molar-refractivity contribution in [3.8, 4) is 5.69 Å². The molecule has 2 aromatic heterocycles. The molecule has 130 valence electrons. The lowest BCUT2D eigenvalue weighted by molar-refractivity contribution is 0.377. The van der Waals surface area contributed by atoms with E-state index in [1.807, 2.05) is 0 Å². The van der Waals surface area contributed by atoms with E-state index in [2.05, 4.69) is 20.6 Å². The van der Waals surface area contributed by atoms with Crippen LogP contribution < -0.4 is 10.9 Å². The number of aromatic nitrogens is 4. The second-order valence-corrected chi connectivity index (χ2v) is 6.32. The molecular formula is C15H12Cl3N5O2. The molecule has 1 aromatic carbocycles. The lowest BCUT2D eigenvalue weighted by Gasteiger charge is -2.11. The van der Waals surface area contributed by atoms with Crippen molar-refractivity contribution in [1.82, 2.24) is 19.9 Å². The van der Waals surface area contributed by atoms with Crippen LogP contribution in [-0.4, -0.2) is 26.5 Å². The van der Waals surface area contributed by atoms with E-state index < -0.39 is 5.56 Å². The first-order valence-electron chi connectivity index (χ1n) is 7.22. The lowest BCUT2D eigenvalue weighted by atomic mass is 10.3. The van der Waals surface area contributed by atoms with Crippen molar-refractivity contribution in [2.24, 2.45) is 0 Å². The van der Waals surface area contributed by atoms with E-state index in [9.17, 15) is 4.79 Å². The van der Waals surface area contributed by atoms with E-state index in [0.717, 1.165) is 4.68 Å². The SMILES string of the molecule is Cc1noc(CCNc2cnn(-c3ccc(Cl)cc3Cl)c(=O)c2Cl)n1. The van der Waals surface area contributed by atoms with Crippen LogP contribution in [-0.2, 0) is 6.42 Å². The highest BCUT2D eigenvalue weighted by Gasteiger charge is 2.13. The highest BCUT2D eigenvalue weighted by Crippen LogP contribution is 2.24. The summed E-state index contributed by atoms with van der Waals surface area (Å²) >= 11 is 18.1. The van der Waals surface area contributed by atoms with Crippen LogP contribution in [0.4, 0.5) is 5.69 Å². The van der Waals surface area contributed by atoms with Gasteiger partial charge >= 0.3 is 0 Å². The maximum atomic E-state index is 12.5. The average molecular weight is 401 g/mol. The molecule has 0 amide bonds. The normalized spacial score (nSPS) is 10.9. The zero-order valence-corrected chi connectivity index (χ0v) is 15.2. The third-order valence-corrected chi connectivity index (χ3v) is 4.18. The van der Waals surface area contributed by atoms with Gasteiger partial charge in [-0.25, -0.2) is 0 Å². The summed E-state index contributed by atoms with van der Waals surface area (Å²) < 4.78 is 6.13. The Morgan fingerprint density at radius 2 is 2.08 bits per heavy atom. The first-order chi connectivity index (χ1) is 12.0. The Bertz CT molecular complexity index is 970. The van der Waals surface area contributed by atoms with Gasteiger partial charge in [-0.15, -0.1) is 0 Å². The molecule has 2 heterocycles. The summed E-state index contributed by atoms with van der Waals surface area (Å²) in [6, 6.07) is 4.74. The summed E-state index contributed by atoms with van der Waals surface area (Å²) in [5, 5.41) is 11.6. The minimum Gasteiger partial charge on any atom is -0.382 e. The molecule has 0 aliphatic heterocycles. The molecule has 0 unspecified atom stereocenters. The molecule has 25 heavy (non-hydrogen) atoms. The molecule has 0 bridgehead atoms. The molecule has 0 saturated carbocycles. The van der Waals surface area contributed by atoms with Gasteiger partial charge in [-0.1, -0.05) is 40.0 Å². The molecule has 0 fully saturated rings. The minimum atomic E-state index is -0.496. The summed E-state index contributed by atoms with van der Waals surface area (Å²) in [5.74, 6) is 1.06. The van der Waals surface area contributed by atoms with Gasteiger partial charge in [0.25, 0.3) is 5.56 Å². The monoisotopic (exact) mass is 399 g/mol. The van der Waals surface area contributed by atoms with Crippen LogP contribution in [0.5, 0.6) is 0 Å². The molecule has 0 spiro atoms. The van der Waals surface area contributed by atoms with Gasteiger partial charge in [0.05, 0.1) is 22.6 Å². The number of hydrogen-bond donors (Lipinski definition) is 1. The number of rotatable bonds is 5. The smallest absolute Gasteiger partial charge is 0.292 e. The third kappa shape index (κ3) is 3.95. The van der Waals surface area contributed by atoms with E-state index in [0.29, 0.717) is 46.1 Å². The van der Waals surface area contributed by atoms with E-state index in [1.54, 1.807) is 19.1 Å². The fourth-order valence-corrected chi connectivity index (χ4v) is 2.81. The van der Waals surface area contributed by atoms with E-state index in [-0.39, 0.29) is 5.02 Å². The van der Waals surface area contributed by atoms with Gasteiger partial charge < -0.3 is 9.84 Å². The molecule has 10 heteroatoms. The van der Waals surface area contributed by atoms with E-state index >= 15 is 0 Å². The van der Waals surface area contributed by atoms with Crippen molar-refractivity contribution in [2.75, 3.05) is 11.9 Å². The Kier molecular flexibility index (Phi) is 5.27. The lowest BCUT2D eigenvalue weighted by Crippen LogP contribution is -2.23. The minimum absolute atomic E-state index is 0.00252. The van der Waals surface area contributed by atoms with Crippen molar-refractivity contribution in [3.05, 3.63) is 61.5 Å². The number of nitrogens with one attached hydrogen (secondary N) is 1. The van der Waals surface area contributed by atoms with Crippen molar-refractivity contribution in [1.29, 1.82) is 0 Å². The van der Waals surface area contributed by atoms with Gasteiger partial charge in [-0.05, 0) is 25.1 Å². The Morgan fingerprint density at radius 1 is 1.28 bits per heavy atom. The summed E-state index contributed by atoms with van der Waals surface area (Å²) in [7, 11) is 0. The first-order valence-corrected chi connectivity index (χ1v) is 8.35. The maximum absolute atomic E-state index is 12.5. The maximum Gasteiger partial charge on any atom is 0.292 e. The molecule has 7 nitrogen and oxygen atoms in total. The standard InChI is InChI=1S/C15H12Cl3N5O2/c1-8-21-13(25-22-8)4-5-19-11-7-20-23(15(24)14(11)18)12-3-2-9(16)6-10(12)17/h2-3,6-7,19H,4-5H2,1H3. The topological polar surface area (TPSA) is 85.8 Å². The Hall–Kier alpha value is -2.09. The van der Waals surface area contributed by atoms with Gasteiger partial charge in [-0.2, -0.15) is 14.8 Å². The summed E-state index contributed by atoms with van der Waals surface area (Å²) in [6.07, 6.45) is 1.94. The average Bonchev–Trinajstić information content (AvgIpc) is 2.98. The molecule has 1 N–H and O–H groups in total. The van der Waals surface area contributed by atoms with Crippen molar-refractivity contribution >= 4 is 40.5 Å². The predicted molar refractivity (Wildman–Crippen MR) is 96.1 cm³/mol. The zero-order chi connectivity index (χ0) is 18.0.